The van der Waals surface area contributed by atoms with E-state index in [1.807, 2.05) is 18.2 Å². The smallest absolute Gasteiger partial charge is 0.256 e. The topological polar surface area (TPSA) is 73.6 Å². The van der Waals surface area contributed by atoms with Crippen LogP contribution in [0.4, 0.5) is 4.39 Å². The maximum Gasteiger partial charge on any atom is 0.256 e. The van der Waals surface area contributed by atoms with Crippen molar-refractivity contribution in [1.82, 2.24) is 10.5 Å². The molecule has 6 nitrogen and oxygen atoms in total. The zero-order chi connectivity index (χ0) is 17.7. The number of carbonyl (C=O) groups excluding carboxylic acids is 1. The van der Waals surface area contributed by atoms with Gasteiger partial charge in [0.15, 0.2) is 11.5 Å². The highest BCUT2D eigenvalue weighted by atomic mass is 19.1. The molecule has 0 saturated heterocycles. The van der Waals surface area contributed by atoms with Crippen molar-refractivity contribution < 1.29 is 23.2 Å². The first-order valence-corrected chi connectivity index (χ1v) is 7.57. The Kier molecular flexibility index (Phi) is 5.78. The van der Waals surface area contributed by atoms with E-state index in [0.717, 1.165) is 5.56 Å². The van der Waals surface area contributed by atoms with Crippen LogP contribution in [-0.2, 0) is 6.42 Å². The van der Waals surface area contributed by atoms with E-state index in [-0.39, 0.29) is 11.3 Å². The molecule has 7 heteroatoms. The van der Waals surface area contributed by atoms with Gasteiger partial charge in [0.25, 0.3) is 5.91 Å². The number of methoxy groups -OCH3 is 2. The van der Waals surface area contributed by atoms with E-state index in [9.17, 15) is 9.18 Å². The molecule has 0 bridgehead atoms. The number of nitrogens with zero attached hydrogens (tertiary/aromatic N) is 1. The van der Waals surface area contributed by atoms with Gasteiger partial charge < -0.3 is 19.3 Å². The molecule has 24 heavy (non-hydrogen) atoms. The Balaban J connectivity index is 2.00. The SMILES string of the molecule is COc1ccc(CCNC(=O)c2c(C(C)F)noc2C)cc1OC. The van der Waals surface area contributed by atoms with E-state index in [1.54, 1.807) is 21.1 Å². The minimum absolute atomic E-state index is 0.0242. The van der Waals surface area contributed by atoms with Crippen molar-refractivity contribution in [3.63, 3.8) is 0 Å². The number of halogens is 1. The van der Waals surface area contributed by atoms with Crippen molar-refractivity contribution in [2.75, 3.05) is 20.8 Å². The van der Waals surface area contributed by atoms with Crippen molar-refractivity contribution in [1.29, 1.82) is 0 Å². The fourth-order valence-corrected chi connectivity index (χ4v) is 2.38. The summed E-state index contributed by atoms with van der Waals surface area (Å²) in [6.07, 6.45) is -0.772. The van der Waals surface area contributed by atoms with Gasteiger partial charge in [0.1, 0.15) is 23.2 Å². The van der Waals surface area contributed by atoms with Crippen LogP contribution >= 0.6 is 0 Å². The molecule has 0 spiro atoms. The second-order valence-electron chi connectivity index (χ2n) is 5.31. The van der Waals surface area contributed by atoms with Crippen LogP contribution in [0.1, 0.15) is 40.5 Å². The van der Waals surface area contributed by atoms with Crippen molar-refractivity contribution >= 4 is 5.91 Å². The molecule has 1 aromatic carbocycles. The fourth-order valence-electron chi connectivity index (χ4n) is 2.38. The number of hydrogen-bond acceptors (Lipinski definition) is 5. The molecule has 2 rings (SSSR count). The highest BCUT2D eigenvalue weighted by Gasteiger charge is 2.23. The number of hydrogen-bond donors (Lipinski definition) is 1. The van der Waals surface area contributed by atoms with Gasteiger partial charge in [0, 0.05) is 6.54 Å². The maximum absolute atomic E-state index is 13.5. The van der Waals surface area contributed by atoms with Gasteiger partial charge in [-0.25, -0.2) is 4.39 Å². The maximum atomic E-state index is 13.5. The molecule has 1 aromatic heterocycles. The number of amides is 1. The lowest BCUT2D eigenvalue weighted by molar-refractivity contribution is 0.0950. The summed E-state index contributed by atoms with van der Waals surface area (Å²) < 4.78 is 28.8. The Morgan fingerprint density at radius 3 is 2.67 bits per heavy atom. The summed E-state index contributed by atoms with van der Waals surface area (Å²) in [6, 6.07) is 5.56. The third kappa shape index (κ3) is 3.84. The Bertz CT molecular complexity index is 713. The summed E-state index contributed by atoms with van der Waals surface area (Å²) in [6.45, 7) is 3.29. The minimum atomic E-state index is -1.37. The van der Waals surface area contributed by atoms with Crippen LogP contribution in [0.15, 0.2) is 22.7 Å². The molecule has 0 fully saturated rings. The lowest BCUT2D eigenvalue weighted by Crippen LogP contribution is -2.27. The number of nitrogens with one attached hydrogen (secondary N) is 1. The zero-order valence-electron chi connectivity index (χ0n) is 14.2. The van der Waals surface area contributed by atoms with Crippen molar-refractivity contribution in [2.24, 2.45) is 0 Å². The molecular weight excluding hydrogens is 315 g/mol. The predicted molar refractivity (Wildman–Crippen MR) is 86.3 cm³/mol. The van der Waals surface area contributed by atoms with Gasteiger partial charge in [-0.3, -0.25) is 4.79 Å². The number of rotatable bonds is 7. The monoisotopic (exact) mass is 336 g/mol. The third-order valence-electron chi connectivity index (χ3n) is 3.64. The zero-order valence-corrected chi connectivity index (χ0v) is 14.2. The highest BCUT2D eigenvalue weighted by Crippen LogP contribution is 2.27. The summed E-state index contributed by atoms with van der Waals surface area (Å²) in [7, 11) is 3.14. The second kappa shape index (κ2) is 7.81. The average molecular weight is 336 g/mol. The minimum Gasteiger partial charge on any atom is -0.493 e. The molecule has 1 heterocycles. The number of carbonyl (C=O) groups is 1. The van der Waals surface area contributed by atoms with Crippen LogP contribution in [0.25, 0.3) is 0 Å². The molecule has 2 aromatic rings. The van der Waals surface area contributed by atoms with Gasteiger partial charge in [-0.15, -0.1) is 0 Å². The number of aromatic nitrogens is 1. The molecule has 0 aliphatic rings. The van der Waals surface area contributed by atoms with Crippen molar-refractivity contribution in [3.05, 3.63) is 40.8 Å². The Morgan fingerprint density at radius 1 is 1.33 bits per heavy atom. The lowest BCUT2D eigenvalue weighted by atomic mass is 10.1. The summed E-state index contributed by atoms with van der Waals surface area (Å²) in [5.74, 6) is 1.18. The number of aryl methyl sites for hydroxylation is 1. The number of ether oxygens (including phenoxy) is 2. The van der Waals surface area contributed by atoms with Crippen LogP contribution in [-0.4, -0.2) is 31.8 Å². The normalized spacial score (nSPS) is 11.9. The average Bonchev–Trinajstić information content (AvgIpc) is 2.96. The number of alkyl halides is 1. The van der Waals surface area contributed by atoms with Gasteiger partial charge in [-0.2, -0.15) is 0 Å². The third-order valence-corrected chi connectivity index (χ3v) is 3.64. The molecular formula is C17H21FN2O4. The Labute approximate surface area is 139 Å². The first-order valence-electron chi connectivity index (χ1n) is 7.57. The molecule has 1 amide bonds. The quantitative estimate of drug-likeness (QED) is 0.841. The molecule has 130 valence electrons. The summed E-state index contributed by atoms with van der Waals surface area (Å²) in [4.78, 5) is 12.2. The predicted octanol–water partition coefficient (Wildman–Crippen LogP) is 3.00. The Morgan fingerprint density at radius 2 is 2.04 bits per heavy atom. The van der Waals surface area contributed by atoms with Gasteiger partial charge in [-0.1, -0.05) is 11.2 Å². The van der Waals surface area contributed by atoms with Crippen molar-refractivity contribution in [2.45, 2.75) is 26.4 Å². The first kappa shape index (κ1) is 17.8. The molecule has 0 aliphatic heterocycles. The van der Waals surface area contributed by atoms with E-state index < -0.39 is 12.1 Å². The first-order chi connectivity index (χ1) is 11.5. The standard InChI is InChI=1S/C17H21FN2O4/c1-10(18)16-15(11(2)24-20-16)17(21)19-8-7-12-5-6-13(22-3)14(9-12)23-4/h5-6,9-10H,7-8H2,1-4H3,(H,19,21). The fraction of sp³-hybridized carbons (Fsp3) is 0.412. The van der Waals surface area contributed by atoms with Gasteiger partial charge in [0.05, 0.1) is 14.2 Å². The van der Waals surface area contributed by atoms with Crippen LogP contribution in [0, 0.1) is 6.92 Å². The Hall–Kier alpha value is -2.57. The van der Waals surface area contributed by atoms with Gasteiger partial charge in [-0.05, 0) is 38.0 Å². The van der Waals surface area contributed by atoms with Crippen LogP contribution in [0.5, 0.6) is 11.5 Å². The van der Waals surface area contributed by atoms with Gasteiger partial charge >= 0.3 is 0 Å². The molecule has 1 N–H and O–H groups in total. The summed E-state index contributed by atoms with van der Waals surface area (Å²) >= 11 is 0. The van der Waals surface area contributed by atoms with E-state index in [0.29, 0.717) is 30.2 Å². The molecule has 0 saturated carbocycles. The second-order valence-corrected chi connectivity index (χ2v) is 5.31. The van der Waals surface area contributed by atoms with Crippen LogP contribution in [0.3, 0.4) is 0 Å². The summed E-state index contributed by atoms with van der Waals surface area (Å²) in [5.41, 5.74) is 1.17. The molecule has 0 radical (unpaired) electrons. The lowest BCUT2D eigenvalue weighted by Gasteiger charge is -2.10. The highest BCUT2D eigenvalue weighted by molar-refractivity contribution is 5.96. The molecule has 1 atom stereocenters. The van der Waals surface area contributed by atoms with Crippen LogP contribution < -0.4 is 14.8 Å². The van der Waals surface area contributed by atoms with E-state index in [2.05, 4.69) is 10.5 Å². The van der Waals surface area contributed by atoms with E-state index in [4.69, 9.17) is 14.0 Å². The molecule has 0 aliphatic carbocycles. The van der Waals surface area contributed by atoms with Gasteiger partial charge in [0.2, 0.25) is 0 Å². The van der Waals surface area contributed by atoms with Crippen LogP contribution in [0.2, 0.25) is 0 Å². The largest absolute Gasteiger partial charge is 0.493 e. The van der Waals surface area contributed by atoms with Crippen molar-refractivity contribution in [3.8, 4) is 11.5 Å². The van der Waals surface area contributed by atoms with E-state index >= 15 is 0 Å². The molecule has 1 unspecified atom stereocenters. The number of benzene rings is 1. The van der Waals surface area contributed by atoms with E-state index in [1.165, 1.54) is 6.92 Å². The summed E-state index contributed by atoms with van der Waals surface area (Å²) in [5, 5.41) is 6.36.